The van der Waals surface area contributed by atoms with Crippen molar-refractivity contribution in [3.05, 3.63) is 0 Å². The molecule has 1 aliphatic heterocycles. The van der Waals surface area contributed by atoms with Crippen LogP contribution in [0, 0.1) is 0 Å². The summed E-state index contributed by atoms with van der Waals surface area (Å²) in [5.41, 5.74) is 0. The summed E-state index contributed by atoms with van der Waals surface area (Å²) < 4.78 is 11.0. The number of nitrogens with two attached hydrogens (primary N) is 1. The number of hydrogen-bond acceptors (Lipinski definition) is 4. The molecule has 1 aliphatic rings. The second kappa shape index (κ2) is 4.77. The summed E-state index contributed by atoms with van der Waals surface area (Å²) in [6.45, 7) is 6.98. The Kier molecular flexibility index (Phi) is 3.94. The summed E-state index contributed by atoms with van der Waals surface area (Å²) >= 11 is 0. The van der Waals surface area contributed by atoms with Crippen molar-refractivity contribution in [1.82, 2.24) is 5.01 Å². The van der Waals surface area contributed by atoms with Crippen molar-refractivity contribution in [2.75, 3.05) is 26.3 Å². The summed E-state index contributed by atoms with van der Waals surface area (Å²) in [5, 5.41) is 1.75. The molecule has 1 saturated heterocycles. The van der Waals surface area contributed by atoms with Gasteiger partial charge >= 0.3 is 0 Å². The van der Waals surface area contributed by atoms with Crippen LogP contribution in [-0.4, -0.2) is 43.5 Å². The van der Waals surface area contributed by atoms with Crippen LogP contribution in [-0.2, 0) is 9.47 Å². The molecular formula is C8H18N2O2. The zero-order chi connectivity index (χ0) is 8.97. The van der Waals surface area contributed by atoms with Crippen LogP contribution in [0.4, 0.5) is 0 Å². The lowest BCUT2D eigenvalue weighted by molar-refractivity contribution is -0.0388. The van der Waals surface area contributed by atoms with Gasteiger partial charge in [-0.2, -0.15) is 0 Å². The second-order valence-electron chi connectivity index (χ2n) is 2.94. The molecule has 0 aromatic carbocycles. The van der Waals surface area contributed by atoms with Gasteiger partial charge in [0.15, 0.2) is 0 Å². The van der Waals surface area contributed by atoms with Gasteiger partial charge in [-0.15, -0.1) is 0 Å². The van der Waals surface area contributed by atoms with E-state index in [0.717, 1.165) is 26.3 Å². The standard InChI is InChI=1S/C8H18N2O2/c1-3-11-7-5-10(9)6-8(7)12-4-2/h7-8H,3-6,9H2,1-2H3/t7-,8-/m0/s1. The molecular weight excluding hydrogens is 156 g/mol. The smallest absolute Gasteiger partial charge is 0.0990 e. The fraction of sp³-hybridized carbons (Fsp3) is 1.00. The molecule has 2 atom stereocenters. The van der Waals surface area contributed by atoms with Gasteiger partial charge in [-0.3, -0.25) is 5.84 Å². The Bertz CT molecular complexity index is 118. The lowest BCUT2D eigenvalue weighted by atomic mass is 10.2. The highest BCUT2D eigenvalue weighted by atomic mass is 16.5. The topological polar surface area (TPSA) is 47.7 Å². The third-order valence-corrected chi connectivity index (χ3v) is 2.01. The van der Waals surface area contributed by atoms with Gasteiger partial charge < -0.3 is 9.47 Å². The van der Waals surface area contributed by atoms with Crippen molar-refractivity contribution in [3.63, 3.8) is 0 Å². The van der Waals surface area contributed by atoms with Gasteiger partial charge in [-0.1, -0.05) is 0 Å². The SMILES string of the molecule is CCO[C@H]1CN(N)C[C@@H]1OCC. The molecule has 0 amide bonds. The van der Waals surface area contributed by atoms with Gasteiger partial charge in [-0.25, -0.2) is 5.01 Å². The zero-order valence-corrected chi connectivity index (χ0v) is 7.82. The van der Waals surface area contributed by atoms with Crippen LogP contribution in [0.1, 0.15) is 13.8 Å². The second-order valence-corrected chi connectivity index (χ2v) is 2.94. The van der Waals surface area contributed by atoms with Crippen LogP contribution in [0.25, 0.3) is 0 Å². The molecule has 0 spiro atoms. The molecule has 0 bridgehead atoms. The van der Waals surface area contributed by atoms with Crippen LogP contribution in [0.15, 0.2) is 0 Å². The normalized spacial score (nSPS) is 31.2. The Labute approximate surface area is 73.6 Å². The number of ether oxygens (including phenoxy) is 2. The summed E-state index contributed by atoms with van der Waals surface area (Å²) in [7, 11) is 0. The Morgan fingerprint density at radius 3 is 1.92 bits per heavy atom. The first kappa shape index (κ1) is 9.92. The van der Waals surface area contributed by atoms with E-state index >= 15 is 0 Å². The Hall–Kier alpha value is -0.160. The molecule has 0 unspecified atom stereocenters. The Balaban J connectivity index is 2.36. The highest BCUT2D eigenvalue weighted by Gasteiger charge is 2.32. The van der Waals surface area contributed by atoms with E-state index in [0.29, 0.717) is 0 Å². The molecule has 72 valence electrons. The lowest BCUT2D eigenvalue weighted by Gasteiger charge is -2.17. The van der Waals surface area contributed by atoms with Gasteiger partial charge in [0, 0.05) is 26.3 Å². The van der Waals surface area contributed by atoms with Crippen LogP contribution >= 0.6 is 0 Å². The number of nitrogens with zero attached hydrogens (tertiary/aromatic N) is 1. The third-order valence-electron chi connectivity index (χ3n) is 2.01. The average Bonchev–Trinajstić information content (AvgIpc) is 2.33. The molecule has 4 nitrogen and oxygen atoms in total. The highest BCUT2D eigenvalue weighted by Crippen LogP contribution is 2.13. The molecule has 0 aromatic heterocycles. The maximum Gasteiger partial charge on any atom is 0.0990 e. The zero-order valence-electron chi connectivity index (χ0n) is 7.82. The molecule has 0 radical (unpaired) electrons. The molecule has 1 fully saturated rings. The Morgan fingerprint density at radius 2 is 1.58 bits per heavy atom. The molecule has 2 N–H and O–H groups in total. The van der Waals surface area contributed by atoms with Crippen molar-refractivity contribution in [2.45, 2.75) is 26.1 Å². The summed E-state index contributed by atoms with van der Waals surface area (Å²) in [6.07, 6.45) is 0.305. The van der Waals surface area contributed by atoms with E-state index in [-0.39, 0.29) is 12.2 Å². The lowest BCUT2D eigenvalue weighted by Crippen LogP contribution is -2.29. The Morgan fingerprint density at radius 1 is 1.17 bits per heavy atom. The molecule has 1 rings (SSSR count). The fourth-order valence-electron chi connectivity index (χ4n) is 1.52. The molecule has 4 heteroatoms. The van der Waals surface area contributed by atoms with Crippen molar-refractivity contribution >= 4 is 0 Å². The van der Waals surface area contributed by atoms with E-state index in [1.165, 1.54) is 0 Å². The number of rotatable bonds is 4. The van der Waals surface area contributed by atoms with Crippen molar-refractivity contribution < 1.29 is 9.47 Å². The van der Waals surface area contributed by atoms with E-state index < -0.39 is 0 Å². The summed E-state index contributed by atoms with van der Waals surface area (Å²) in [6, 6.07) is 0. The predicted molar refractivity (Wildman–Crippen MR) is 46.6 cm³/mol. The van der Waals surface area contributed by atoms with Crippen molar-refractivity contribution in [2.24, 2.45) is 5.84 Å². The monoisotopic (exact) mass is 174 g/mol. The van der Waals surface area contributed by atoms with Gasteiger partial charge in [-0.05, 0) is 13.8 Å². The fourth-order valence-corrected chi connectivity index (χ4v) is 1.52. The maximum absolute atomic E-state index is 5.65. The largest absolute Gasteiger partial charge is 0.374 e. The van der Waals surface area contributed by atoms with Crippen LogP contribution < -0.4 is 5.84 Å². The summed E-state index contributed by atoms with van der Waals surface area (Å²) in [4.78, 5) is 0. The minimum absolute atomic E-state index is 0.153. The first-order valence-corrected chi connectivity index (χ1v) is 4.50. The van der Waals surface area contributed by atoms with Gasteiger partial charge in [0.05, 0.1) is 12.2 Å². The van der Waals surface area contributed by atoms with E-state index in [1.54, 1.807) is 5.01 Å². The average molecular weight is 174 g/mol. The van der Waals surface area contributed by atoms with Crippen molar-refractivity contribution in [3.8, 4) is 0 Å². The van der Waals surface area contributed by atoms with Crippen LogP contribution in [0.2, 0.25) is 0 Å². The quantitative estimate of drug-likeness (QED) is 0.609. The maximum atomic E-state index is 5.65. The number of hydrogen-bond donors (Lipinski definition) is 1. The molecule has 0 aromatic rings. The van der Waals surface area contributed by atoms with Gasteiger partial charge in [0.1, 0.15) is 0 Å². The molecule has 0 aliphatic carbocycles. The third kappa shape index (κ3) is 2.42. The molecule has 1 heterocycles. The highest BCUT2D eigenvalue weighted by molar-refractivity contribution is 4.83. The first-order valence-electron chi connectivity index (χ1n) is 4.50. The van der Waals surface area contributed by atoms with Gasteiger partial charge in [0.2, 0.25) is 0 Å². The predicted octanol–water partition coefficient (Wildman–Crippen LogP) is -0.0141. The summed E-state index contributed by atoms with van der Waals surface area (Å²) in [5.74, 6) is 5.65. The number of hydrazine groups is 1. The molecule has 0 saturated carbocycles. The molecule has 12 heavy (non-hydrogen) atoms. The van der Waals surface area contributed by atoms with E-state index in [1.807, 2.05) is 13.8 Å². The van der Waals surface area contributed by atoms with E-state index in [4.69, 9.17) is 15.3 Å². The first-order chi connectivity index (χ1) is 5.77. The van der Waals surface area contributed by atoms with E-state index in [2.05, 4.69) is 0 Å². The minimum atomic E-state index is 0.153. The van der Waals surface area contributed by atoms with Crippen LogP contribution in [0.3, 0.4) is 0 Å². The van der Waals surface area contributed by atoms with Crippen molar-refractivity contribution in [1.29, 1.82) is 0 Å². The minimum Gasteiger partial charge on any atom is -0.374 e. The van der Waals surface area contributed by atoms with Gasteiger partial charge in [0.25, 0.3) is 0 Å². The van der Waals surface area contributed by atoms with Crippen LogP contribution in [0.5, 0.6) is 0 Å². The van der Waals surface area contributed by atoms with E-state index in [9.17, 15) is 0 Å².